The highest BCUT2D eigenvalue weighted by molar-refractivity contribution is 6.30. The van der Waals surface area contributed by atoms with Crippen LogP contribution < -0.4 is 5.32 Å². The SMILES string of the molecule is O=C(CN[C@H](CO)c1ccc(Cl)c(F)c1)N1CCCCCC1. The first kappa shape index (κ1) is 17.2. The average Bonchev–Trinajstić information content (AvgIpc) is 2.80. The first-order valence-corrected chi connectivity index (χ1v) is 8.06. The molecular formula is C16H22ClFN2O2. The zero-order valence-electron chi connectivity index (χ0n) is 12.5. The number of carbonyl (C=O) groups excluding carboxylic acids is 1. The van der Waals surface area contributed by atoms with Crippen molar-refractivity contribution >= 4 is 17.5 Å². The first-order valence-electron chi connectivity index (χ1n) is 7.69. The molecule has 6 heteroatoms. The Labute approximate surface area is 135 Å². The molecule has 0 spiro atoms. The number of hydrogen-bond donors (Lipinski definition) is 2. The van der Waals surface area contributed by atoms with Gasteiger partial charge >= 0.3 is 0 Å². The molecule has 1 amide bonds. The van der Waals surface area contributed by atoms with Gasteiger partial charge in [0.15, 0.2) is 0 Å². The van der Waals surface area contributed by atoms with Gasteiger partial charge in [-0.15, -0.1) is 0 Å². The van der Waals surface area contributed by atoms with Crippen LogP contribution in [0, 0.1) is 5.82 Å². The minimum atomic E-state index is -0.529. The molecule has 4 nitrogen and oxygen atoms in total. The smallest absolute Gasteiger partial charge is 0.236 e. The van der Waals surface area contributed by atoms with Crippen molar-refractivity contribution in [3.05, 3.63) is 34.6 Å². The summed E-state index contributed by atoms with van der Waals surface area (Å²) in [7, 11) is 0. The van der Waals surface area contributed by atoms with Gasteiger partial charge in [-0.25, -0.2) is 4.39 Å². The van der Waals surface area contributed by atoms with Crippen LogP contribution >= 0.6 is 11.6 Å². The largest absolute Gasteiger partial charge is 0.394 e. The molecule has 122 valence electrons. The Balaban J connectivity index is 1.92. The molecule has 2 rings (SSSR count). The monoisotopic (exact) mass is 328 g/mol. The van der Waals surface area contributed by atoms with E-state index < -0.39 is 11.9 Å². The van der Waals surface area contributed by atoms with E-state index in [1.54, 1.807) is 6.07 Å². The zero-order valence-corrected chi connectivity index (χ0v) is 13.3. The van der Waals surface area contributed by atoms with Crippen LogP contribution in [0.2, 0.25) is 5.02 Å². The fourth-order valence-electron chi connectivity index (χ4n) is 2.66. The molecule has 0 aliphatic carbocycles. The lowest BCUT2D eigenvalue weighted by molar-refractivity contribution is -0.130. The predicted molar refractivity (Wildman–Crippen MR) is 84.3 cm³/mol. The Hall–Kier alpha value is -1.17. The second-order valence-corrected chi connectivity index (χ2v) is 5.99. The van der Waals surface area contributed by atoms with Gasteiger partial charge in [-0.1, -0.05) is 30.5 Å². The lowest BCUT2D eigenvalue weighted by atomic mass is 10.1. The van der Waals surface area contributed by atoms with Crippen molar-refractivity contribution in [3.8, 4) is 0 Å². The summed E-state index contributed by atoms with van der Waals surface area (Å²) in [6.07, 6.45) is 4.41. The van der Waals surface area contributed by atoms with Crippen LogP contribution in [0.5, 0.6) is 0 Å². The molecule has 1 aromatic rings. The van der Waals surface area contributed by atoms with Gasteiger partial charge in [0.1, 0.15) is 5.82 Å². The Kier molecular flexibility index (Phi) is 6.61. The third-order valence-corrected chi connectivity index (χ3v) is 4.29. The molecule has 1 aromatic carbocycles. The van der Waals surface area contributed by atoms with Gasteiger partial charge in [0.2, 0.25) is 5.91 Å². The highest BCUT2D eigenvalue weighted by Crippen LogP contribution is 2.20. The molecule has 1 aliphatic rings. The fourth-order valence-corrected chi connectivity index (χ4v) is 2.78. The summed E-state index contributed by atoms with van der Waals surface area (Å²) in [5.41, 5.74) is 0.577. The van der Waals surface area contributed by atoms with Crippen LogP contribution in [-0.4, -0.2) is 42.2 Å². The molecule has 0 radical (unpaired) electrons. The van der Waals surface area contributed by atoms with E-state index in [-0.39, 0.29) is 24.1 Å². The quantitative estimate of drug-likeness (QED) is 0.873. The fraction of sp³-hybridized carbons (Fsp3) is 0.562. The van der Waals surface area contributed by atoms with Crippen molar-refractivity contribution in [3.63, 3.8) is 0 Å². The third kappa shape index (κ3) is 4.66. The highest BCUT2D eigenvalue weighted by atomic mass is 35.5. The van der Waals surface area contributed by atoms with Crippen LogP contribution in [0.25, 0.3) is 0 Å². The third-order valence-electron chi connectivity index (χ3n) is 3.99. The van der Waals surface area contributed by atoms with Crippen LogP contribution in [-0.2, 0) is 4.79 Å². The second kappa shape index (κ2) is 8.46. The standard InChI is InChI=1S/C16H22ClFN2O2/c17-13-6-5-12(9-14(13)18)15(11-21)19-10-16(22)20-7-3-1-2-4-8-20/h5-6,9,15,19,21H,1-4,7-8,10-11H2/t15-/m1/s1. The molecule has 1 saturated heterocycles. The average molecular weight is 329 g/mol. The summed E-state index contributed by atoms with van der Waals surface area (Å²) in [5.74, 6) is -0.506. The molecule has 1 heterocycles. The summed E-state index contributed by atoms with van der Waals surface area (Å²) >= 11 is 5.65. The summed E-state index contributed by atoms with van der Waals surface area (Å²) in [6.45, 7) is 1.50. The molecular weight excluding hydrogens is 307 g/mol. The van der Waals surface area contributed by atoms with Crippen molar-refractivity contribution in [1.82, 2.24) is 10.2 Å². The van der Waals surface area contributed by atoms with Crippen LogP contribution in [0.4, 0.5) is 4.39 Å². The summed E-state index contributed by atoms with van der Waals surface area (Å²) in [4.78, 5) is 14.1. The molecule has 0 bridgehead atoms. The number of halogens is 2. The molecule has 1 atom stereocenters. The molecule has 2 N–H and O–H groups in total. The minimum Gasteiger partial charge on any atom is -0.394 e. The summed E-state index contributed by atoms with van der Waals surface area (Å²) < 4.78 is 13.5. The number of rotatable bonds is 5. The van der Waals surface area contributed by atoms with Crippen LogP contribution in [0.3, 0.4) is 0 Å². The normalized spacial score (nSPS) is 17.1. The van der Waals surface area contributed by atoms with E-state index >= 15 is 0 Å². The molecule has 0 aromatic heterocycles. The number of carbonyl (C=O) groups is 1. The molecule has 1 fully saturated rings. The van der Waals surface area contributed by atoms with Gasteiger partial charge < -0.3 is 10.0 Å². The van der Waals surface area contributed by atoms with E-state index in [1.807, 2.05) is 4.90 Å². The number of hydrogen-bond acceptors (Lipinski definition) is 3. The van der Waals surface area contributed by atoms with Crippen molar-refractivity contribution in [2.24, 2.45) is 0 Å². The maximum absolute atomic E-state index is 13.5. The van der Waals surface area contributed by atoms with Crippen molar-refractivity contribution in [1.29, 1.82) is 0 Å². The number of benzene rings is 1. The molecule has 22 heavy (non-hydrogen) atoms. The van der Waals surface area contributed by atoms with Crippen molar-refractivity contribution in [2.75, 3.05) is 26.2 Å². The second-order valence-electron chi connectivity index (χ2n) is 5.58. The number of nitrogens with one attached hydrogen (secondary N) is 1. The number of nitrogens with zero attached hydrogens (tertiary/aromatic N) is 1. The number of amides is 1. The van der Waals surface area contributed by atoms with E-state index in [1.165, 1.54) is 25.0 Å². The van der Waals surface area contributed by atoms with E-state index in [0.717, 1.165) is 25.9 Å². The van der Waals surface area contributed by atoms with E-state index in [2.05, 4.69) is 5.32 Å². The summed E-state index contributed by atoms with van der Waals surface area (Å²) in [6, 6.07) is 3.90. The van der Waals surface area contributed by atoms with Gasteiger partial charge in [-0.05, 0) is 30.5 Å². The lowest BCUT2D eigenvalue weighted by Crippen LogP contribution is -2.40. The predicted octanol–water partition coefficient (Wildman–Crippen LogP) is 2.50. The minimum absolute atomic E-state index is 0.0229. The topological polar surface area (TPSA) is 52.6 Å². The van der Waals surface area contributed by atoms with E-state index in [0.29, 0.717) is 5.56 Å². The number of likely N-dealkylation sites (tertiary alicyclic amines) is 1. The van der Waals surface area contributed by atoms with Gasteiger partial charge in [-0.2, -0.15) is 0 Å². The van der Waals surface area contributed by atoms with E-state index in [9.17, 15) is 14.3 Å². The summed E-state index contributed by atoms with van der Waals surface area (Å²) in [5, 5.41) is 12.5. The Morgan fingerprint density at radius 2 is 2.00 bits per heavy atom. The van der Waals surface area contributed by atoms with Gasteiger partial charge in [0, 0.05) is 13.1 Å². The van der Waals surface area contributed by atoms with Gasteiger partial charge in [0.25, 0.3) is 0 Å². The van der Waals surface area contributed by atoms with Crippen LogP contribution in [0.15, 0.2) is 18.2 Å². The molecule has 1 aliphatic heterocycles. The van der Waals surface area contributed by atoms with E-state index in [4.69, 9.17) is 11.6 Å². The number of aliphatic hydroxyl groups excluding tert-OH is 1. The van der Waals surface area contributed by atoms with Crippen molar-refractivity contribution in [2.45, 2.75) is 31.7 Å². The maximum Gasteiger partial charge on any atom is 0.236 e. The molecule has 0 saturated carbocycles. The van der Waals surface area contributed by atoms with Gasteiger partial charge in [-0.3, -0.25) is 10.1 Å². The first-order chi connectivity index (χ1) is 10.6. The lowest BCUT2D eigenvalue weighted by Gasteiger charge is -2.23. The van der Waals surface area contributed by atoms with Crippen LogP contribution in [0.1, 0.15) is 37.3 Å². The van der Waals surface area contributed by atoms with Crippen molar-refractivity contribution < 1.29 is 14.3 Å². The maximum atomic E-state index is 13.5. The Bertz CT molecular complexity index is 505. The van der Waals surface area contributed by atoms with Gasteiger partial charge in [0.05, 0.1) is 24.2 Å². The number of aliphatic hydroxyl groups is 1. The Morgan fingerprint density at radius 1 is 1.32 bits per heavy atom. The molecule has 0 unspecified atom stereocenters. The zero-order chi connectivity index (χ0) is 15.9. The highest BCUT2D eigenvalue weighted by Gasteiger charge is 2.18. The Morgan fingerprint density at radius 3 is 2.59 bits per heavy atom.